The maximum Gasteiger partial charge on any atom is 0.308 e. The molecule has 5 nitrogen and oxygen atoms in total. The molecule has 1 amide bonds. The minimum absolute atomic E-state index is 0.166. The number of carbonyl (C=O) groups is 1. The van der Waals surface area contributed by atoms with Crippen LogP contribution in [0.2, 0.25) is 0 Å². The minimum atomic E-state index is -0.271. The van der Waals surface area contributed by atoms with E-state index in [9.17, 15) is 4.79 Å². The van der Waals surface area contributed by atoms with Gasteiger partial charge in [-0.1, -0.05) is 5.92 Å². The van der Waals surface area contributed by atoms with Gasteiger partial charge in [-0.3, -0.25) is 9.69 Å². The molecule has 0 spiro atoms. The van der Waals surface area contributed by atoms with Crippen LogP contribution in [-0.2, 0) is 9.53 Å². The van der Waals surface area contributed by atoms with E-state index < -0.39 is 0 Å². The lowest BCUT2D eigenvalue weighted by atomic mass is 10.0. The molecule has 0 bridgehead atoms. The number of hydrogen-bond donors (Lipinski definition) is 0. The van der Waals surface area contributed by atoms with Gasteiger partial charge in [-0.05, 0) is 103 Å². The number of anilines is 2. The molecule has 2 fully saturated rings. The molecular formula is C24H25IN2O3. The smallest absolute Gasteiger partial charge is 0.308 e. The molecule has 30 heavy (non-hydrogen) atoms. The summed E-state index contributed by atoms with van der Waals surface area (Å²) in [6.07, 6.45) is 5.17. The maximum atomic E-state index is 13.1. The van der Waals surface area contributed by atoms with Gasteiger partial charge in [0.2, 0.25) is 0 Å². The fourth-order valence-corrected chi connectivity index (χ4v) is 4.03. The largest absolute Gasteiger partial charge is 0.489 e. The monoisotopic (exact) mass is 516 g/mol. The normalized spacial score (nSPS) is 17.5. The predicted molar refractivity (Wildman–Crippen MR) is 125 cm³/mol. The quantitative estimate of drug-likeness (QED) is 0.399. The first-order valence-electron chi connectivity index (χ1n) is 10.3. The van der Waals surface area contributed by atoms with Crippen molar-refractivity contribution in [1.82, 2.24) is 4.98 Å². The zero-order valence-corrected chi connectivity index (χ0v) is 19.7. The van der Waals surface area contributed by atoms with Gasteiger partial charge in [0, 0.05) is 16.6 Å². The average Bonchev–Trinajstić information content (AvgIpc) is 3.50. The molecule has 1 aliphatic carbocycles. The number of rotatable bonds is 6. The molecule has 1 aromatic heterocycles. The second-order valence-corrected chi connectivity index (χ2v) is 9.02. The number of aryl methyl sites for hydroxylation is 2. The second-order valence-electron chi connectivity index (χ2n) is 7.85. The number of carbonyl (C=O) groups excluding carboxylic acids is 1. The Kier molecular flexibility index (Phi) is 6.30. The second kappa shape index (κ2) is 8.94. The molecule has 1 aromatic carbocycles. The highest BCUT2D eigenvalue weighted by Crippen LogP contribution is 2.47. The van der Waals surface area contributed by atoms with Gasteiger partial charge >= 0.3 is 5.91 Å². The van der Waals surface area contributed by atoms with Crippen LogP contribution in [-0.4, -0.2) is 30.2 Å². The van der Waals surface area contributed by atoms with E-state index in [2.05, 4.69) is 58.5 Å². The van der Waals surface area contributed by atoms with Crippen LogP contribution in [0.25, 0.3) is 0 Å². The van der Waals surface area contributed by atoms with Crippen molar-refractivity contribution in [3.8, 4) is 17.6 Å². The third-order valence-electron chi connectivity index (χ3n) is 5.47. The van der Waals surface area contributed by atoms with Crippen molar-refractivity contribution in [2.75, 3.05) is 18.1 Å². The van der Waals surface area contributed by atoms with E-state index in [0.29, 0.717) is 24.1 Å². The van der Waals surface area contributed by atoms with E-state index in [1.54, 1.807) is 18.0 Å². The average molecular weight is 516 g/mol. The van der Waals surface area contributed by atoms with Crippen molar-refractivity contribution in [3.63, 3.8) is 0 Å². The molecule has 1 saturated heterocycles. The van der Waals surface area contributed by atoms with Gasteiger partial charge in [0.15, 0.2) is 0 Å². The molecule has 1 saturated carbocycles. The van der Waals surface area contributed by atoms with E-state index in [4.69, 9.17) is 9.47 Å². The van der Waals surface area contributed by atoms with Crippen molar-refractivity contribution >= 4 is 40.0 Å². The SMILES string of the molecule is CC#CC(=O)N(c1cc(C)c(I)cc1C1CC1)c1ncc(OC[C@H]2CCO2)cc1C. The van der Waals surface area contributed by atoms with Crippen LogP contribution in [0.5, 0.6) is 5.75 Å². The van der Waals surface area contributed by atoms with Crippen LogP contribution < -0.4 is 9.64 Å². The molecule has 0 radical (unpaired) electrons. The summed E-state index contributed by atoms with van der Waals surface area (Å²) in [5.74, 6) is 6.95. The van der Waals surface area contributed by atoms with Crippen LogP contribution in [0.15, 0.2) is 24.4 Å². The standard InChI is InChI=1S/C24H25IN2O3/c1-4-5-23(28)27(22-11-15(2)21(25)12-20(22)17-6-7-17)24-16(3)10-19(13-26-24)30-14-18-8-9-29-18/h10-13,17-18H,6-9,14H2,1-3H3/t18-/m1/s1. The lowest BCUT2D eigenvalue weighted by molar-refractivity contribution is -0.112. The summed E-state index contributed by atoms with van der Waals surface area (Å²) >= 11 is 2.36. The van der Waals surface area contributed by atoms with E-state index >= 15 is 0 Å². The lowest BCUT2D eigenvalue weighted by Gasteiger charge is -2.27. The Morgan fingerprint density at radius 2 is 2.03 bits per heavy atom. The number of aromatic nitrogens is 1. The van der Waals surface area contributed by atoms with Gasteiger partial charge < -0.3 is 9.47 Å². The number of benzene rings is 1. The molecule has 2 aromatic rings. The van der Waals surface area contributed by atoms with Gasteiger partial charge in [-0.2, -0.15) is 0 Å². The van der Waals surface area contributed by atoms with E-state index in [-0.39, 0.29) is 12.0 Å². The van der Waals surface area contributed by atoms with E-state index in [0.717, 1.165) is 42.7 Å². The van der Waals surface area contributed by atoms with Gasteiger partial charge in [0.1, 0.15) is 18.2 Å². The summed E-state index contributed by atoms with van der Waals surface area (Å²) in [4.78, 5) is 19.4. The molecule has 0 N–H and O–H groups in total. The minimum Gasteiger partial charge on any atom is -0.489 e. The lowest BCUT2D eigenvalue weighted by Crippen LogP contribution is -2.32. The Labute approximate surface area is 191 Å². The zero-order valence-electron chi connectivity index (χ0n) is 17.5. The third-order valence-corrected chi connectivity index (χ3v) is 6.63. The van der Waals surface area contributed by atoms with E-state index in [1.807, 2.05) is 13.0 Å². The van der Waals surface area contributed by atoms with E-state index in [1.165, 1.54) is 9.13 Å². The number of halogens is 1. The summed E-state index contributed by atoms with van der Waals surface area (Å²) in [7, 11) is 0. The highest BCUT2D eigenvalue weighted by Gasteiger charge is 2.31. The Balaban J connectivity index is 1.72. The topological polar surface area (TPSA) is 51.7 Å². The van der Waals surface area contributed by atoms with Gasteiger partial charge in [0.05, 0.1) is 18.0 Å². The highest BCUT2D eigenvalue weighted by molar-refractivity contribution is 14.1. The fraction of sp³-hybridized carbons (Fsp3) is 0.417. The van der Waals surface area contributed by atoms with Gasteiger partial charge in [0.25, 0.3) is 0 Å². The third kappa shape index (κ3) is 4.47. The summed E-state index contributed by atoms with van der Waals surface area (Å²) in [6, 6.07) is 6.22. The van der Waals surface area contributed by atoms with Crippen LogP contribution in [0.1, 0.15) is 48.8 Å². The zero-order chi connectivity index (χ0) is 21.3. The van der Waals surface area contributed by atoms with Crippen molar-refractivity contribution in [2.45, 2.75) is 52.1 Å². The number of nitrogens with zero attached hydrogens (tertiary/aromatic N) is 2. The summed E-state index contributed by atoms with van der Waals surface area (Å²) in [5.41, 5.74) is 4.08. The molecule has 0 unspecified atom stereocenters. The van der Waals surface area contributed by atoms with Crippen molar-refractivity contribution < 1.29 is 14.3 Å². The van der Waals surface area contributed by atoms with Crippen molar-refractivity contribution in [3.05, 3.63) is 44.7 Å². The number of amides is 1. The van der Waals surface area contributed by atoms with Crippen LogP contribution >= 0.6 is 22.6 Å². The molecular weight excluding hydrogens is 491 g/mol. The Morgan fingerprint density at radius 1 is 1.27 bits per heavy atom. The molecule has 156 valence electrons. The Bertz CT molecular complexity index is 1030. The number of hydrogen-bond acceptors (Lipinski definition) is 4. The Hall–Kier alpha value is -2.11. The molecule has 2 heterocycles. The molecule has 1 atom stereocenters. The van der Waals surface area contributed by atoms with Crippen LogP contribution in [0, 0.1) is 29.3 Å². The predicted octanol–water partition coefficient (Wildman–Crippen LogP) is 5.04. The maximum absolute atomic E-state index is 13.1. The first-order chi connectivity index (χ1) is 14.5. The molecule has 4 rings (SSSR count). The van der Waals surface area contributed by atoms with Gasteiger partial charge in [-0.25, -0.2) is 4.98 Å². The summed E-state index contributed by atoms with van der Waals surface area (Å²) in [6.45, 7) is 7.02. The Morgan fingerprint density at radius 3 is 2.63 bits per heavy atom. The van der Waals surface area contributed by atoms with Crippen LogP contribution in [0.3, 0.4) is 0 Å². The first-order valence-corrected chi connectivity index (χ1v) is 11.3. The van der Waals surface area contributed by atoms with Crippen LogP contribution in [0.4, 0.5) is 11.5 Å². The summed E-state index contributed by atoms with van der Waals surface area (Å²) < 4.78 is 12.4. The number of pyridine rings is 1. The number of ether oxygens (including phenoxy) is 2. The highest BCUT2D eigenvalue weighted by atomic mass is 127. The molecule has 1 aliphatic heterocycles. The first kappa shape index (κ1) is 21.1. The fourth-order valence-electron chi connectivity index (χ4n) is 3.54. The van der Waals surface area contributed by atoms with Crippen molar-refractivity contribution in [2.24, 2.45) is 0 Å². The van der Waals surface area contributed by atoms with Crippen molar-refractivity contribution in [1.29, 1.82) is 0 Å². The molecule has 2 aliphatic rings. The summed E-state index contributed by atoms with van der Waals surface area (Å²) in [5, 5.41) is 0. The molecule has 6 heteroatoms. The van der Waals surface area contributed by atoms with Gasteiger partial charge in [-0.15, -0.1) is 0 Å².